The Morgan fingerprint density at radius 2 is 1.51 bits per heavy atom. The quantitative estimate of drug-likeness (QED) is 0.236. The minimum atomic E-state index is -1.04. The minimum absolute atomic E-state index is 0.0102. The molecule has 0 atom stereocenters. The zero-order chi connectivity index (χ0) is 24.9. The normalized spacial score (nSPS) is 17.7. The van der Waals surface area contributed by atoms with E-state index in [2.05, 4.69) is 6.58 Å². The molecule has 1 aliphatic carbocycles. The van der Waals surface area contributed by atoms with Crippen molar-refractivity contribution in [2.45, 2.75) is 45.1 Å². The van der Waals surface area contributed by atoms with Crippen LogP contribution in [0.25, 0.3) is 11.1 Å². The first-order valence-electron chi connectivity index (χ1n) is 11.9. The van der Waals surface area contributed by atoms with Gasteiger partial charge in [0.1, 0.15) is 12.4 Å². The first-order valence-corrected chi connectivity index (χ1v) is 11.9. The summed E-state index contributed by atoms with van der Waals surface area (Å²) in [5.74, 6) is -3.03. The van der Waals surface area contributed by atoms with Crippen LogP contribution in [0.5, 0.6) is 11.5 Å². The standard InChI is InChI=1S/C29H28F4O2/c1-3-18-5-7-19(8-6-18)23-14-11-21(26(30)27(23)31)17-35-22-12-9-20(10-13-22)24-15-16-25(34-4-2)29(33)28(24)32/h3,9-16,18-19H,1,4-8,17H2,2H3. The van der Waals surface area contributed by atoms with E-state index >= 15 is 0 Å². The molecule has 0 aromatic heterocycles. The molecule has 0 saturated heterocycles. The number of hydrogen-bond donors (Lipinski definition) is 0. The van der Waals surface area contributed by atoms with Gasteiger partial charge in [0.2, 0.25) is 5.82 Å². The van der Waals surface area contributed by atoms with Gasteiger partial charge in [0.05, 0.1) is 6.61 Å². The molecule has 0 unspecified atom stereocenters. The van der Waals surface area contributed by atoms with E-state index in [1.807, 2.05) is 6.08 Å². The lowest BCUT2D eigenvalue weighted by atomic mass is 9.78. The van der Waals surface area contributed by atoms with Crippen LogP contribution in [0.4, 0.5) is 17.6 Å². The summed E-state index contributed by atoms with van der Waals surface area (Å²) in [6.07, 6.45) is 5.43. The van der Waals surface area contributed by atoms with Gasteiger partial charge in [-0.15, -0.1) is 6.58 Å². The molecule has 6 heteroatoms. The van der Waals surface area contributed by atoms with E-state index in [9.17, 15) is 17.6 Å². The van der Waals surface area contributed by atoms with E-state index in [4.69, 9.17) is 9.47 Å². The molecule has 0 bridgehead atoms. The van der Waals surface area contributed by atoms with Gasteiger partial charge in [0.15, 0.2) is 23.2 Å². The van der Waals surface area contributed by atoms with Gasteiger partial charge in [-0.3, -0.25) is 0 Å². The zero-order valence-electron chi connectivity index (χ0n) is 19.6. The Morgan fingerprint density at radius 1 is 0.800 bits per heavy atom. The molecule has 35 heavy (non-hydrogen) atoms. The molecule has 184 valence electrons. The topological polar surface area (TPSA) is 18.5 Å². The van der Waals surface area contributed by atoms with Crippen molar-refractivity contribution in [3.05, 3.63) is 95.6 Å². The lowest BCUT2D eigenvalue weighted by Crippen LogP contribution is -2.14. The molecule has 0 amide bonds. The molecule has 0 N–H and O–H groups in total. The average Bonchev–Trinajstić information content (AvgIpc) is 2.88. The van der Waals surface area contributed by atoms with Crippen molar-refractivity contribution in [3.8, 4) is 22.6 Å². The molecule has 3 aromatic carbocycles. The number of hydrogen-bond acceptors (Lipinski definition) is 2. The monoisotopic (exact) mass is 484 g/mol. The molecule has 1 aliphatic rings. The van der Waals surface area contributed by atoms with Crippen LogP contribution in [-0.4, -0.2) is 6.61 Å². The molecule has 0 radical (unpaired) electrons. The number of benzene rings is 3. The largest absolute Gasteiger partial charge is 0.491 e. The highest BCUT2D eigenvalue weighted by atomic mass is 19.2. The summed E-state index contributed by atoms with van der Waals surface area (Å²) in [6.45, 7) is 5.58. The van der Waals surface area contributed by atoms with E-state index in [-0.39, 0.29) is 36.0 Å². The van der Waals surface area contributed by atoms with Crippen LogP contribution in [0.2, 0.25) is 0 Å². The minimum Gasteiger partial charge on any atom is -0.491 e. The van der Waals surface area contributed by atoms with Crippen molar-refractivity contribution in [2.24, 2.45) is 5.92 Å². The average molecular weight is 485 g/mol. The second kappa shape index (κ2) is 11.0. The van der Waals surface area contributed by atoms with Gasteiger partial charge >= 0.3 is 0 Å². The summed E-state index contributed by atoms with van der Waals surface area (Å²) in [6, 6.07) is 12.4. The van der Waals surface area contributed by atoms with Gasteiger partial charge in [0.25, 0.3) is 0 Å². The van der Waals surface area contributed by atoms with Gasteiger partial charge < -0.3 is 9.47 Å². The summed E-state index contributed by atoms with van der Waals surface area (Å²) in [7, 11) is 0. The summed E-state index contributed by atoms with van der Waals surface area (Å²) in [4.78, 5) is 0. The third kappa shape index (κ3) is 5.37. The predicted molar refractivity (Wildman–Crippen MR) is 129 cm³/mol. The smallest absolute Gasteiger partial charge is 0.201 e. The molecule has 4 rings (SSSR count). The van der Waals surface area contributed by atoms with Gasteiger partial charge in [0, 0.05) is 11.1 Å². The first kappa shape index (κ1) is 24.8. The number of halogens is 4. The fourth-order valence-electron chi connectivity index (χ4n) is 4.61. The Labute approximate surface area is 203 Å². The van der Waals surface area contributed by atoms with Gasteiger partial charge in [-0.1, -0.05) is 30.3 Å². The van der Waals surface area contributed by atoms with Gasteiger partial charge in [-0.25, -0.2) is 13.2 Å². The Kier molecular flexibility index (Phi) is 7.79. The van der Waals surface area contributed by atoms with E-state index in [0.717, 1.165) is 25.7 Å². The number of allylic oxidation sites excluding steroid dienone is 1. The van der Waals surface area contributed by atoms with Crippen LogP contribution in [0, 0.1) is 29.2 Å². The van der Waals surface area contributed by atoms with Crippen LogP contribution < -0.4 is 9.47 Å². The SMILES string of the molecule is C=CC1CCC(c2ccc(COc3ccc(-c4ccc(OCC)c(F)c4F)cc3)c(F)c2F)CC1. The van der Waals surface area contributed by atoms with E-state index in [1.165, 1.54) is 12.1 Å². The fraction of sp³-hybridized carbons (Fsp3) is 0.310. The van der Waals surface area contributed by atoms with Crippen molar-refractivity contribution < 1.29 is 27.0 Å². The summed E-state index contributed by atoms with van der Waals surface area (Å²) in [5.41, 5.74) is 1.07. The highest BCUT2D eigenvalue weighted by Gasteiger charge is 2.25. The third-order valence-corrected chi connectivity index (χ3v) is 6.64. The summed E-state index contributed by atoms with van der Waals surface area (Å²) >= 11 is 0. The van der Waals surface area contributed by atoms with Crippen molar-refractivity contribution in [1.29, 1.82) is 0 Å². The van der Waals surface area contributed by atoms with E-state index < -0.39 is 23.3 Å². The summed E-state index contributed by atoms with van der Waals surface area (Å²) in [5, 5.41) is 0. The van der Waals surface area contributed by atoms with Crippen molar-refractivity contribution in [1.82, 2.24) is 0 Å². The maximum Gasteiger partial charge on any atom is 0.201 e. The van der Waals surface area contributed by atoms with E-state index in [0.29, 0.717) is 22.8 Å². The maximum atomic E-state index is 14.8. The van der Waals surface area contributed by atoms with Crippen LogP contribution in [0.15, 0.2) is 61.2 Å². The summed E-state index contributed by atoms with van der Waals surface area (Å²) < 4.78 is 68.9. The van der Waals surface area contributed by atoms with Gasteiger partial charge in [-0.2, -0.15) is 4.39 Å². The Hall–Kier alpha value is -3.28. The molecule has 0 heterocycles. The maximum absolute atomic E-state index is 14.8. The predicted octanol–water partition coefficient (Wildman–Crippen LogP) is 8.35. The van der Waals surface area contributed by atoms with E-state index in [1.54, 1.807) is 43.3 Å². The molecular formula is C29H28F4O2. The molecule has 3 aromatic rings. The number of ether oxygens (including phenoxy) is 2. The zero-order valence-corrected chi connectivity index (χ0v) is 19.6. The Bertz CT molecular complexity index is 1180. The molecular weight excluding hydrogens is 456 g/mol. The molecule has 1 saturated carbocycles. The fourth-order valence-corrected chi connectivity index (χ4v) is 4.61. The Balaban J connectivity index is 1.43. The Morgan fingerprint density at radius 3 is 2.17 bits per heavy atom. The molecule has 0 spiro atoms. The van der Waals surface area contributed by atoms with Crippen LogP contribution in [0.1, 0.15) is 49.7 Å². The van der Waals surface area contributed by atoms with Crippen molar-refractivity contribution in [3.63, 3.8) is 0 Å². The van der Waals surface area contributed by atoms with Gasteiger partial charge in [-0.05, 0) is 79.8 Å². The highest BCUT2D eigenvalue weighted by molar-refractivity contribution is 5.66. The third-order valence-electron chi connectivity index (χ3n) is 6.64. The molecule has 0 aliphatic heterocycles. The first-order chi connectivity index (χ1) is 16.9. The van der Waals surface area contributed by atoms with Crippen LogP contribution >= 0.6 is 0 Å². The second-order valence-corrected chi connectivity index (χ2v) is 8.77. The van der Waals surface area contributed by atoms with Crippen molar-refractivity contribution in [2.75, 3.05) is 6.61 Å². The lowest BCUT2D eigenvalue weighted by molar-refractivity contribution is 0.296. The molecule has 2 nitrogen and oxygen atoms in total. The van der Waals surface area contributed by atoms with Crippen molar-refractivity contribution >= 4 is 0 Å². The lowest BCUT2D eigenvalue weighted by Gasteiger charge is -2.27. The highest BCUT2D eigenvalue weighted by Crippen LogP contribution is 2.38. The van der Waals surface area contributed by atoms with Crippen LogP contribution in [0.3, 0.4) is 0 Å². The molecule has 1 fully saturated rings. The number of rotatable bonds is 8. The second-order valence-electron chi connectivity index (χ2n) is 8.77. The van der Waals surface area contributed by atoms with Crippen LogP contribution in [-0.2, 0) is 6.61 Å².